The summed E-state index contributed by atoms with van der Waals surface area (Å²) in [7, 11) is 7.30. The van der Waals surface area contributed by atoms with E-state index in [1.165, 1.54) is 0 Å². The fourth-order valence-electron chi connectivity index (χ4n) is 6.28. The fourth-order valence-corrected chi connectivity index (χ4v) is 6.28. The van der Waals surface area contributed by atoms with Crippen LogP contribution in [0.25, 0.3) is 0 Å². The van der Waals surface area contributed by atoms with E-state index < -0.39 is 29.7 Å². The molecule has 48 heavy (non-hydrogen) atoms. The Hall–Kier alpha value is -4.41. The van der Waals surface area contributed by atoms with Crippen LogP contribution in [0.2, 0.25) is 0 Å². The third-order valence-corrected chi connectivity index (χ3v) is 8.74. The summed E-state index contributed by atoms with van der Waals surface area (Å²) in [6, 6.07) is 24.6. The molecule has 0 radical (unpaired) electrons. The first-order valence-electron chi connectivity index (χ1n) is 16.5. The van der Waals surface area contributed by atoms with Gasteiger partial charge in [-0.3, -0.25) is 14.4 Å². The van der Waals surface area contributed by atoms with E-state index in [0.717, 1.165) is 48.2 Å². The minimum atomic E-state index is -1.17. The average Bonchev–Trinajstić information content (AvgIpc) is 3.52. The van der Waals surface area contributed by atoms with Crippen LogP contribution < -0.4 is 9.47 Å². The van der Waals surface area contributed by atoms with E-state index in [9.17, 15) is 14.4 Å². The highest BCUT2D eigenvalue weighted by atomic mass is 16.5. The number of nitrogens with zero attached hydrogens (tertiary/aromatic N) is 2. The summed E-state index contributed by atoms with van der Waals surface area (Å²) in [4.78, 5) is 42.0. The van der Waals surface area contributed by atoms with E-state index in [1.54, 1.807) is 14.2 Å². The molecule has 0 aromatic heterocycles. The predicted octanol–water partition coefficient (Wildman–Crippen LogP) is 5.66. The fraction of sp³-hybridized carbons (Fsp3) is 0.447. The van der Waals surface area contributed by atoms with Crippen LogP contribution in [0.4, 0.5) is 0 Å². The molecular weight excluding hydrogens is 612 g/mol. The lowest BCUT2D eigenvalue weighted by Gasteiger charge is -2.44. The molecule has 4 rings (SSSR count). The number of hydrogen-bond donors (Lipinski definition) is 1. The summed E-state index contributed by atoms with van der Waals surface area (Å²) >= 11 is 0. The van der Waals surface area contributed by atoms with Gasteiger partial charge in [0.25, 0.3) is 0 Å². The number of carbonyl (C=O) groups is 3. The van der Waals surface area contributed by atoms with Crippen molar-refractivity contribution in [3.8, 4) is 11.5 Å². The van der Waals surface area contributed by atoms with E-state index in [-0.39, 0.29) is 31.9 Å². The quantitative estimate of drug-likeness (QED) is 0.136. The average molecular weight is 661 g/mol. The molecule has 1 aliphatic rings. The molecule has 1 aliphatic heterocycles. The number of carboxylic acid groups (broad SMARTS) is 1. The standard InChI is InChI=1S/C38H48N2O8/c1-39(2)24-10-6-9-13-35(41)40-26-33(48-37(44)23-22-36(42)43)25-34(40)38(29-11-7-5-8-12-29,30-16-20-32(46-4)21-17-30)47-27-28-14-18-31(45-3)19-15-28/h5,7-8,11-12,14-21,33-34H,6,9-10,13,22-27H2,1-4H3,(H,42,43). The zero-order chi connectivity index (χ0) is 34.5. The van der Waals surface area contributed by atoms with Gasteiger partial charge in [-0.25, -0.2) is 0 Å². The van der Waals surface area contributed by atoms with Crippen LogP contribution in [-0.2, 0) is 36.1 Å². The van der Waals surface area contributed by atoms with Gasteiger partial charge in [0, 0.05) is 12.8 Å². The third-order valence-electron chi connectivity index (χ3n) is 8.74. The van der Waals surface area contributed by atoms with E-state index in [0.29, 0.717) is 18.6 Å². The van der Waals surface area contributed by atoms with Crippen molar-refractivity contribution in [2.24, 2.45) is 0 Å². The number of amides is 1. The SMILES string of the molecule is COc1ccc(COC(c2ccccc2)(c2ccc(OC)cc2)C2CC(OC(=O)CCC(=O)O)CN2C(=O)CCCCCN(C)C)cc1. The van der Waals surface area contributed by atoms with Gasteiger partial charge in [-0.15, -0.1) is 0 Å². The molecule has 1 amide bonds. The van der Waals surface area contributed by atoms with Crippen LogP contribution in [0.15, 0.2) is 78.9 Å². The van der Waals surface area contributed by atoms with Gasteiger partial charge >= 0.3 is 11.9 Å². The Morgan fingerprint density at radius 3 is 2.04 bits per heavy atom. The number of hydrogen-bond acceptors (Lipinski definition) is 8. The number of likely N-dealkylation sites (tertiary alicyclic amines) is 1. The summed E-state index contributed by atoms with van der Waals surface area (Å²) in [5, 5.41) is 9.11. The second-order valence-electron chi connectivity index (χ2n) is 12.4. The molecule has 1 heterocycles. The molecular formula is C38H48N2O8. The number of unbranched alkanes of at least 4 members (excludes halogenated alkanes) is 2. The first-order chi connectivity index (χ1) is 23.2. The Kier molecular flexibility index (Phi) is 13.4. The molecule has 258 valence electrons. The molecule has 0 bridgehead atoms. The van der Waals surface area contributed by atoms with Gasteiger partial charge in [0.05, 0.1) is 46.3 Å². The first kappa shape index (κ1) is 36.4. The van der Waals surface area contributed by atoms with E-state index >= 15 is 0 Å². The summed E-state index contributed by atoms with van der Waals surface area (Å²) < 4.78 is 23.8. The van der Waals surface area contributed by atoms with Crippen molar-refractivity contribution in [3.63, 3.8) is 0 Å². The Bertz CT molecular complexity index is 1460. The number of methoxy groups -OCH3 is 2. The summed E-state index contributed by atoms with van der Waals surface area (Å²) in [5.41, 5.74) is 1.40. The van der Waals surface area contributed by atoms with Crippen molar-refractivity contribution < 1.29 is 38.4 Å². The van der Waals surface area contributed by atoms with Crippen molar-refractivity contribution in [3.05, 3.63) is 95.6 Å². The van der Waals surface area contributed by atoms with Crippen LogP contribution in [0.1, 0.15) is 61.6 Å². The van der Waals surface area contributed by atoms with Crippen molar-refractivity contribution in [1.82, 2.24) is 9.80 Å². The van der Waals surface area contributed by atoms with Crippen molar-refractivity contribution >= 4 is 17.8 Å². The van der Waals surface area contributed by atoms with Crippen LogP contribution in [0, 0.1) is 0 Å². The summed E-state index contributed by atoms with van der Waals surface area (Å²) in [6.07, 6.45) is 2.06. The predicted molar refractivity (Wildman–Crippen MR) is 182 cm³/mol. The molecule has 10 nitrogen and oxygen atoms in total. The molecule has 1 N–H and O–H groups in total. The third kappa shape index (κ3) is 9.58. The number of rotatable bonds is 18. The highest BCUT2D eigenvalue weighted by Crippen LogP contribution is 2.45. The van der Waals surface area contributed by atoms with Crippen LogP contribution in [0.3, 0.4) is 0 Å². The maximum Gasteiger partial charge on any atom is 0.306 e. The highest BCUT2D eigenvalue weighted by molar-refractivity contribution is 5.78. The second kappa shape index (κ2) is 17.7. The van der Waals surface area contributed by atoms with Gasteiger partial charge in [0.2, 0.25) is 5.91 Å². The van der Waals surface area contributed by atoms with Crippen molar-refractivity contribution in [2.75, 3.05) is 41.4 Å². The van der Waals surface area contributed by atoms with Crippen LogP contribution in [0.5, 0.6) is 11.5 Å². The number of carboxylic acids is 1. The van der Waals surface area contributed by atoms with Gasteiger partial charge in [-0.1, -0.05) is 61.0 Å². The van der Waals surface area contributed by atoms with Gasteiger partial charge < -0.3 is 33.9 Å². The van der Waals surface area contributed by atoms with E-state index in [4.69, 9.17) is 24.1 Å². The Balaban J connectivity index is 1.77. The first-order valence-corrected chi connectivity index (χ1v) is 16.5. The minimum absolute atomic E-state index is 0.0456. The lowest BCUT2D eigenvalue weighted by molar-refractivity contribution is -0.152. The second-order valence-corrected chi connectivity index (χ2v) is 12.4. The molecule has 0 aliphatic carbocycles. The summed E-state index contributed by atoms with van der Waals surface area (Å²) in [5.74, 6) is -0.312. The number of esters is 1. The van der Waals surface area contributed by atoms with E-state index in [2.05, 4.69) is 4.90 Å². The maximum atomic E-state index is 14.2. The molecule has 0 spiro atoms. The number of ether oxygens (including phenoxy) is 4. The number of aliphatic carboxylic acids is 1. The van der Waals surface area contributed by atoms with Gasteiger partial charge in [-0.2, -0.15) is 0 Å². The lowest BCUT2D eigenvalue weighted by atomic mass is 9.78. The number of carbonyl (C=O) groups excluding carboxylic acids is 2. The normalized spacial score (nSPS) is 17.1. The van der Waals surface area contributed by atoms with Gasteiger partial charge in [0.15, 0.2) is 0 Å². The molecule has 1 fully saturated rings. The van der Waals surface area contributed by atoms with Gasteiger partial charge in [0.1, 0.15) is 23.2 Å². The monoisotopic (exact) mass is 660 g/mol. The van der Waals surface area contributed by atoms with Gasteiger partial charge in [-0.05, 0) is 74.4 Å². The maximum absolute atomic E-state index is 14.2. The smallest absolute Gasteiger partial charge is 0.306 e. The highest BCUT2D eigenvalue weighted by Gasteiger charge is 2.52. The lowest BCUT2D eigenvalue weighted by Crippen LogP contribution is -2.52. The number of benzene rings is 3. The Morgan fingerprint density at radius 1 is 0.812 bits per heavy atom. The molecule has 10 heteroatoms. The van der Waals surface area contributed by atoms with Crippen molar-refractivity contribution in [2.45, 2.75) is 69.3 Å². The van der Waals surface area contributed by atoms with Crippen LogP contribution in [-0.4, -0.2) is 86.3 Å². The summed E-state index contributed by atoms with van der Waals surface area (Å²) in [6.45, 7) is 1.34. The van der Waals surface area contributed by atoms with E-state index in [1.807, 2.05) is 97.9 Å². The molecule has 1 saturated heterocycles. The zero-order valence-corrected chi connectivity index (χ0v) is 28.4. The Labute approximate surface area is 283 Å². The zero-order valence-electron chi connectivity index (χ0n) is 28.4. The molecule has 3 unspecified atom stereocenters. The molecule has 3 aromatic carbocycles. The molecule has 0 saturated carbocycles. The van der Waals surface area contributed by atoms with Crippen molar-refractivity contribution in [1.29, 1.82) is 0 Å². The Morgan fingerprint density at radius 2 is 1.44 bits per heavy atom. The topological polar surface area (TPSA) is 115 Å². The minimum Gasteiger partial charge on any atom is -0.497 e. The van der Waals surface area contributed by atoms with Crippen LogP contribution >= 0.6 is 0 Å². The molecule has 3 atom stereocenters. The largest absolute Gasteiger partial charge is 0.497 e. The molecule has 3 aromatic rings.